The third-order valence-corrected chi connectivity index (χ3v) is 6.66. The van der Waals surface area contributed by atoms with Crippen molar-refractivity contribution in [1.29, 1.82) is 0 Å². The fourth-order valence-electron chi connectivity index (χ4n) is 3.76. The normalized spacial score (nSPS) is 25.8. The first-order valence-electron chi connectivity index (χ1n) is 9.78. The molecule has 0 saturated carbocycles. The summed E-state index contributed by atoms with van der Waals surface area (Å²) in [5.74, 6) is 2.21. The van der Waals surface area contributed by atoms with E-state index in [1.165, 1.54) is 25.7 Å². The van der Waals surface area contributed by atoms with E-state index in [0.29, 0.717) is 29.8 Å². The van der Waals surface area contributed by atoms with Crippen LogP contribution in [0.3, 0.4) is 0 Å². The van der Waals surface area contributed by atoms with Crippen LogP contribution in [-0.4, -0.2) is 45.3 Å². The van der Waals surface area contributed by atoms with Crippen LogP contribution in [0.4, 0.5) is 0 Å². The number of alkyl halides is 2. The molecule has 0 aromatic rings. The highest BCUT2D eigenvalue weighted by Crippen LogP contribution is 2.53. The molecule has 2 atom stereocenters. The van der Waals surface area contributed by atoms with Gasteiger partial charge in [0.05, 0.1) is 27.2 Å². The molecule has 0 bridgehead atoms. The maximum atomic E-state index is 6.52. The molecular weight excluding hydrogens is 387 g/mol. The largest absolute Gasteiger partial charge is 0.494 e. The lowest BCUT2D eigenvalue weighted by Crippen LogP contribution is -2.57. The van der Waals surface area contributed by atoms with Gasteiger partial charge in [-0.2, -0.15) is 0 Å². The SMILES string of the molecule is CCCCCCCCOC1(CCl)C(OC)=C(OC)C(OC)=C(C)C1(C)CCl. The first-order valence-corrected chi connectivity index (χ1v) is 10.8. The minimum Gasteiger partial charge on any atom is -0.494 e. The second-order valence-corrected chi connectivity index (χ2v) is 7.80. The molecule has 0 radical (unpaired) electrons. The van der Waals surface area contributed by atoms with Gasteiger partial charge in [-0.25, -0.2) is 0 Å². The van der Waals surface area contributed by atoms with Gasteiger partial charge in [-0.3, -0.25) is 0 Å². The molecule has 0 saturated heterocycles. The predicted molar refractivity (Wildman–Crippen MR) is 112 cm³/mol. The summed E-state index contributed by atoms with van der Waals surface area (Å²) in [5.41, 5.74) is -0.551. The van der Waals surface area contributed by atoms with Crippen LogP contribution >= 0.6 is 23.2 Å². The lowest BCUT2D eigenvalue weighted by atomic mass is 9.66. The number of methoxy groups -OCH3 is 3. The number of hydrogen-bond donors (Lipinski definition) is 0. The van der Waals surface area contributed by atoms with Crippen molar-refractivity contribution in [3.05, 3.63) is 22.9 Å². The third kappa shape index (κ3) is 4.71. The van der Waals surface area contributed by atoms with Crippen LogP contribution in [0, 0.1) is 5.41 Å². The Morgan fingerprint density at radius 3 is 1.89 bits per heavy atom. The molecule has 158 valence electrons. The fourth-order valence-corrected chi connectivity index (χ4v) is 4.67. The molecule has 0 N–H and O–H groups in total. The zero-order valence-electron chi connectivity index (χ0n) is 17.8. The van der Waals surface area contributed by atoms with E-state index in [2.05, 4.69) is 6.92 Å². The van der Waals surface area contributed by atoms with Crippen LogP contribution in [0.1, 0.15) is 59.3 Å². The van der Waals surface area contributed by atoms with E-state index in [1.807, 2.05) is 13.8 Å². The highest BCUT2D eigenvalue weighted by Gasteiger charge is 2.59. The van der Waals surface area contributed by atoms with Crippen LogP contribution in [0.2, 0.25) is 0 Å². The molecule has 0 aliphatic heterocycles. The summed E-state index contributed by atoms with van der Waals surface area (Å²) in [6, 6.07) is 0. The number of halogens is 2. The predicted octanol–water partition coefficient (Wildman–Crippen LogP) is 6.02. The number of rotatable bonds is 13. The molecule has 0 aromatic carbocycles. The first-order chi connectivity index (χ1) is 12.9. The van der Waals surface area contributed by atoms with Gasteiger partial charge in [-0.15, -0.1) is 23.2 Å². The Kier molecular flexibility index (Phi) is 10.4. The molecule has 27 heavy (non-hydrogen) atoms. The van der Waals surface area contributed by atoms with E-state index >= 15 is 0 Å². The first kappa shape index (κ1) is 24.5. The minimum absolute atomic E-state index is 0.205. The molecule has 4 nitrogen and oxygen atoms in total. The van der Waals surface area contributed by atoms with Gasteiger partial charge in [-0.1, -0.05) is 46.0 Å². The Morgan fingerprint density at radius 2 is 1.41 bits per heavy atom. The average molecular weight is 423 g/mol. The summed E-state index contributed by atoms with van der Waals surface area (Å²) in [6.45, 7) is 6.84. The van der Waals surface area contributed by atoms with Gasteiger partial charge < -0.3 is 18.9 Å². The molecule has 0 aromatic heterocycles. The van der Waals surface area contributed by atoms with Crippen LogP contribution < -0.4 is 0 Å². The highest BCUT2D eigenvalue weighted by atomic mass is 35.5. The third-order valence-electron chi connectivity index (χ3n) is 5.75. The molecule has 1 rings (SSSR count). The van der Waals surface area contributed by atoms with Crippen molar-refractivity contribution in [2.24, 2.45) is 5.41 Å². The molecular formula is C21H36Cl2O4. The van der Waals surface area contributed by atoms with E-state index in [1.54, 1.807) is 21.3 Å². The van der Waals surface area contributed by atoms with Crippen molar-refractivity contribution < 1.29 is 18.9 Å². The Balaban J connectivity index is 3.15. The molecule has 1 aliphatic carbocycles. The van der Waals surface area contributed by atoms with E-state index < -0.39 is 11.0 Å². The Bertz CT molecular complexity index is 532. The number of unbranched alkanes of at least 4 members (excludes halogenated alkanes) is 5. The van der Waals surface area contributed by atoms with Crippen molar-refractivity contribution in [2.75, 3.05) is 39.7 Å². The number of hydrogen-bond acceptors (Lipinski definition) is 4. The molecule has 6 heteroatoms. The zero-order chi connectivity index (χ0) is 20.5. The van der Waals surface area contributed by atoms with Crippen LogP contribution in [-0.2, 0) is 18.9 Å². The molecule has 0 spiro atoms. The second kappa shape index (κ2) is 11.4. The zero-order valence-corrected chi connectivity index (χ0v) is 19.3. The van der Waals surface area contributed by atoms with E-state index in [-0.39, 0.29) is 5.88 Å². The smallest absolute Gasteiger partial charge is 0.202 e. The lowest BCUT2D eigenvalue weighted by Gasteiger charge is -2.50. The summed E-state index contributed by atoms with van der Waals surface area (Å²) < 4.78 is 23.5. The van der Waals surface area contributed by atoms with E-state index in [9.17, 15) is 0 Å². The molecule has 2 unspecified atom stereocenters. The highest BCUT2D eigenvalue weighted by molar-refractivity contribution is 6.20. The Labute approximate surface area is 175 Å². The summed E-state index contributed by atoms with van der Waals surface area (Å²) in [5, 5.41) is 0. The summed E-state index contributed by atoms with van der Waals surface area (Å²) >= 11 is 13.0. The van der Waals surface area contributed by atoms with Gasteiger partial charge in [0.2, 0.25) is 5.76 Å². The average Bonchev–Trinajstić information content (AvgIpc) is 2.69. The monoisotopic (exact) mass is 422 g/mol. The van der Waals surface area contributed by atoms with Crippen molar-refractivity contribution in [1.82, 2.24) is 0 Å². The van der Waals surface area contributed by atoms with Gasteiger partial charge in [0.25, 0.3) is 0 Å². The summed E-state index contributed by atoms with van der Waals surface area (Å²) in [7, 11) is 4.81. The maximum Gasteiger partial charge on any atom is 0.202 e. The standard InChI is InChI=1S/C21H36Cl2O4/c1-7-8-9-10-11-12-13-27-21(15-23)19(26-6)18(25-5)17(24-4)16(2)20(21,3)14-22/h7-15H2,1-6H3. The van der Waals surface area contributed by atoms with Crippen LogP contribution in [0.5, 0.6) is 0 Å². The quantitative estimate of drug-likeness (QED) is 0.268. The molecule has 1 aliphatic rings. The van der Waals surface area contributed by atoms with Crippen molar-refractivity contribution >= 4 is 23.2 Å². The van der Waals surface area contributed by atoms with Crippen LogP contribution in [0.15, 0.2) is 22.9 Å². The van der Waals surface area contributed by atoms with Gasteiger partial charge in [0.15, 0.2) is 17.1 Å². The molecule has 0 amide bonds. The second-order valence-electron chi connectivity index (χ2n) is 7.27. The van der Waals surface area contributed by atoms with Crippen molar-refractivity contribution in [3.63, 3.8) is 0 Å². The summed E-state index contributed by atoms with van der Waals surface area (Å²) in [4.78, 5) is 0. The Hall–Kier alpha value is -0.580. The van der Waals surface area contributed by atoms with Gasteiger partial charge >= 0.3 is 0 Å². The van der Waals surface area contributed by atoms with E-state index in [0.717, 1.165) is 18.4 Å². The van der Waals surface area contributed by atoms with Crippen molar-refractivity contribution in [3.8, 4) is 0 Å². The van der Waals surface area contributed by atoms with Gasteiger partial charge in [0, 0.05) is 17.9 Å². The topological polar surface area (TPSA) is 36.9 Å². The van der Waals surface area contributed by atoms with Crippen LogP contribution in [0.25, 0.3) is 0 Å². The molecule has 0 heterocycles. The van der Waals surface area contributed by atoms with E-state index in [4.69, 9.17) is 42.1 Å². The van der Waals surface area contributed by atoms with Gasteiger partial charge in [-0.05, 0) is 18.9 Å². The maximum absolute atomic E-state index is 6.52. The Morgan fingerprint density at radius 1 is 0.815 bits per heavy atom. The minimum atomic E-state index is -0.911. The molecule has 0 fully saturated rings. The number of ether oxygens (including phenoxy) is 4. The fraction of sp³-hybridized carbons (Fsp3) is 0.810. The van der Waals surface area contributed by atoms with Crippen molar-refractivity contribution in [2.45, 2.75) is 64.9 Å². The lowest BCUT2D eigenvalue weighted by molar-refractivity contribution is -0.105. The van der Waals surface area contributed by atoms with Gasteiger partial charge in [0.1, 0.15) is 0 Å². The summed E-state index contributed by atoms with van der Waals surface area (Å²) in [6.07, 6.45) is 7.13.